The van der Waals surface area contributed by atoms with E-state index < -0.39 is 6.10 Å². The molecule has 0 bridgehead atoms. The minimum absolute atomic E-state index is 0.0164. The van der Waals surface area contributed by atoms with Crippen molar-refractivity contribution in [2.45, 2.75) is 31.4 Å². The summed E-state index contributed by atoms with van der Waals surface area (Å²) in [7, 11) is 0. The molecule has 0 saturated carbocycles. The fourth-order valence-corrected chi connectivity index (χ4v) is 3.18. The minimum atomic E-state index is -0.581. The van der Waals surface area contributed by atoms with E-state index in [0.29, 0.717) is 18.5 Å². The number of benzene rings is 2. The van der Waals surface area contributed by atoms with E-state index >= 15 is 0 Å². The summed E-state index contributed by atoms with van der Waals surface area (Å²) in [6, 6.07) is 15.1. The van der Waals surface area contributed by atoms with Gasteiger partial charge in [0.2, 0.25) is 0 Å². The molecule has 4 heteroatoms. The number of amides is 1. The van der Waals surface area contributed by atoms with Crippen LogP contribution in [0.15, 0.2) is 54.6 Å². The summed E-state index contributed by atoms with van der Waals surface area (Å²) in [5.74, 6) is -0.438. The molecule has 1 aliphatic rings. The predicted molar refractivity (Wildman–Crippen MR) is 86.5 cm³/mol. The molecule has 0 aromatic heterocycles. The van der Waals surface area contributed by atoms with Gasteiger partial charge in [-0.2, -0.15) is 0 Å². The molecule has 23 heavy (non-hydrogen) atoms. The molecule has 0 aliphatic carbocycles. The molecule has 0 radical (unpaired) electrons. The second-order valence-electron chi connectivity index (χ2n) is 5.96. The highest BCUT2D eigenvalue weighted by molar-refractivity contribution is 5.94. The van der Waals surface area contributed by atoms with Crippen molar-refractivity contribution in [1.82, 2.24) is 4.90 Å². The molecule has 3 nitrogen and oxygen atoms in total. The minimum Gasteiger partial charge on any atom is -0.388 e. The van der Waals surface area contributed by atoms with E-state index in [1.807, 2.05) is 30.3 Å². The third-order valence-electron chi connectivity index (χ3n) is 4.41. The summed E-state index contributed by atoms with van der Waals surface area (Å²) in [5.41, 5.74) is 1.36. The van der Waals surface area contributed by atoms with Gasteiger partial charge >= 0.3 is 0 Å². The van der Waals surface area contributed by atoms with Crippen LogP contribution in [-0.2, 0) is 0 Å². The zero-order chi connectivity index (χ0) is 16.2. The number of likely N-dealkylation sites (tertiary alicyclic amines) is 1. The van der Waals surface area contributed by atoms with Crippen LogP contribution in [0.1, 0.15) is 41.3 Å². The van der Waals surface area contributed by atoms with Crippen LogP contribution in [0.3, 0.4) is 0 Å². The lowest BCUT2D eigenvalue weighted by Gasteiger charge is -2.27. The van der Waals surface area contributed by atoms with Crippen molar-refractivity contribution >= 4 is 5.91 Å². The predicted octanol–water partition coefficient (Wildman–Crippen LogP) is 3.55. The van der Waals surface area contributed by atoms with Gasteiger partial charge in [-0.15, -0.1) is 0 Å². The van der Waals surface area contributed by atoms with Crippen molar-refractivity contribution in [2.24, 2.45) is 0 Å². The first kappa shape index (κ1) is 15.7. The lowest BCUT2D eigenvalue weighted by molar-refractivity contribution is 0.0667. The fraction of sp³-hybridized carbons (Fsp3) is 0.316. The van der Waals surface area contributed by atoms with E-state index in [0.717, 1.165) is 18.4 Å². The van der Waals surface area contributed by atoms with Crippen molar-refractivity contribution in [2.75, 3.05) is 6.54 Å². The van der Waals surface area contributed by atoms with Gasteiger partial charge in [-0.25, -0.2) is 4.39 Å². The molecule has 2 atom stereocenters. The van der Waals surface area contributed by atoms with Gasteiger partial charge in [0.15, 0.2) is 0 Å². The molecule has 1 aliphatic heterocycles. The van der Waals surface area contributed by atoms with Crippen LogP contribution >= 0.6 is 0 Å². The van der Waals surface area contributed by atoms with Gasteiger partial charge < -0.3 is 10.0 Å². The summed E-state index contributed by atoms with van der Waals surface area (Å²) in [4.78, 5) is 14.4. The maximum Gasteiger partial charge on any atom is 0.254 e. The lowest BCUT2D eigenvalue weighted by Crippen LogP contribution is -2.36. The molecule has 2 aromatic rings. The van der Waals surface area contributed by atoms with Crippen LogP contribution in [0.4, 0.5) is 4.39 Å². The molecule has 1 heterocycles. The third-order valence-corrected chi connectivity index (χ3v) is 4.41. The van der Waals surface area contributed by atoms with E-state index in [4.69, 9.17) is 0 Å². The summed E-state index contributed by atoms with van der Waals surface area (Å²) in [6.45, 7) is 0.683. The van der Waals surface area contributed by atoms with Gasteiger partial charge in [0, 0.05) is 18.2 Å². The van der Waals surface area contributed by atoms with E-state index in [1.165, 1.54) is 24.3 Å². The zero-order valence-corrected chi connectivity index (χ0v) is 12.9. The van der Waals surface area contributed by atoms with E-state index in [9.17, 15) is 14.3 Å². The number of carbonyl (C=O) groups is 1. The molecule has 1 N–H and O–H groups in total. The Labute approximate surface area is 135 Å². The van der Waals surface area contributed by atoms with Crippen molar-refractivity contribution in [3.63, 3.8) is 0 Å². The van der Waals surface area contributed by atoms with Crippen molar-refractivity contribution in [3.05, 3.63) is 71.5 Å². The number of carbonyl (C=O) groups excluding carboxylic acids is 1. The van der Waals surface area contributed by atoms with Gasteiger partial charge in [-0.3, -0.25) is 4.79 Å². The maximum atomic E-state index is 13.0. The standard InChI is InChI=1S/C19H20FNO2/c20-16-10-8-15(9-11-16)19(23)21-12-4-7-17(21)13-18(22)14-5-2-1-3-6-14/h1-3,5-6,8-11,17-18,22H,4,7,12-13H2. The van der Waals surface area contributed by atoms with Crippen molar-refractivity contribution in [1.29, 1.82) is 0 Å². The molecule has 1 amide bonds. The zero-order valence-electron chi connectivity index (χ0n) is 12.9. The summed E-state index contributed by atoms with van der Waals surface area (Å²) >= 11 is 0. The van der Waals surface area contributed by atoms with Gasteiger partial charge in [0.05, 0.1) is 6.10 Å². The highest BCUT2D eigenvalue weighted by Crippen LogP contribution is 2.28. The van der Waals surface area contributed by atoms with Crippen LogP contribution < -0.4 is 0 Å². The number of aliphatic hydroxyl groups is 1. The summed E-state index contributed by atoms with van der Waals surface area (Å²) in [5, 5.41) is 10.4. The largest absolute Gasteiger partial charge is 0.388 e. The molecule has 1 fully saturated rings. The average Bonchev–Trinajstić information content (AvgIpc) is 3.04. The Balaban J connectivity index is 1.70. The number of aliphatic hydroxyl groups excluding tert-OH is 1. The lowest BCUT2D eigenvalue weighted by atomic mass is 10.00. The first-order valence-corrected chi connectivity index (χ1v) is 7.94. The molecule has 120 valence electrons. The molecule has 0 spiro atoms. The second kappa shape index (κ2) is 6.92. The molecule has 3 rings (SSSR count). The van der Waals surface area contributed by atoms with Crippen molar-refractivity contribution in [3.8, 4) is 0 Å². The highest BCUT2D eigenvalue weighted by Gasteiger charge is 2.31. The number of halogens is 1. The van der Waals surface area contributed by atoms with Crippen LogP contribution in [-0.4, -0.2) is 28.5 Å². The Hall–Kier alpha value is -2.20. The fourth-order valence-electron chi connectivity index (χ4n) is 3.18. The normalized spacial score (nSPS) is 18.9. The molecule has 2 aromatic carbocycles. The first-order valence-electron chi connectivity index (χ1n) is 7.94. The SMILES string of the molecule is O=C(c1ccc(F)cc1)N1CCCC1CC(O)c1ccccc1. The highest BCUT2D eigenvalue weighted by atomic mass is 19.1. The smallest absolute Gasteiger partial charge is 0.254 e. The second-order valence-corrected chi connectivity index (χ2v) is 5.96. The first-order chi connectivity index (χ1) is 11.1. The number of nitrogens with zero attached hydrogens (tertiary/aromatic N) is 1. The number of rotatable bonds is 4. The third kappa shape index (κ3) is 3.59. The summed E-state index contributed by atoms with van der Waals surface area (Å²) < 4.78 is 13.0. The van der Waals surface area contributed by atoms with Gasteiger partial charge in [0.25, 0.3) is 5.91 Å². The molecular weight excluding hydrogens is 293 g/mol. The monoisotopic (exact) mass is 313 g/mol. The molecule has 2 unspecified atom stereocenters. The van der Waals surface area contributed by atoms with Crippen LogP contribution in [0.2, 0.25) is 0 Å². The average molecular weight is 313 g/mol. The Morgan fingerprint density at radius 1 is 1.17 bits per heavy atom. The van der Waals surface area contributed by atoms with Crippen LogP contribution in [0.25, 0.3) is 0 Å². The molecule has 1 saturated heterocycles. The van der Waals surface area contributed by atoms with Crippen molar-refractivity contribution < 1.29 is 14.3 Å². The van der Waals surface area contributed by atoms with Crippen LogP contribution in [0.5, 0.6) is 0 Å². The van der Waals surface area contributed by atoms with E-state index in [1.54, 1.807) is 4.90 Å². The topological polar surface area (TPSA) is 40.5 Å². The number of hydrogen-bond acceptors (Lipinski definition) is 2. The van der Waals surface area contributed by atoms with Gasteiger partial charge in [-0.1, -0.05) is 30.3 Å². The Kier molecular flexibility index (Phi) is 4.72. The number of hydrogen-bond donors (Lipinski definition) is 1. The maximum absolute atomic E-state index is 13.0. The summed E-state index contributed by atoms with van der Waals surface area (Å²) in [6.07, 6.45) is 1.76. The molecular formula is C19H20FNO2. The van der Waals surface area contributed by atoms with Gasteiger partial charge in [0.1, 0.15) is 5.82 Å². The quantitative estimate of drug-likeness (QED) is 0.937. The van der Waals surface area contributed by atoms with E-state index in [2.05, 4.69) is 0 Å². The van der Waals surface area contributed by atoms with E-state index in [-0.39, 0.29) is 17.8 Å². The Bertz CT molecular complexity index is 657. The van der Waals surface area contributed by atoms with Gasteiger partial charge in [-0.05, 0) is 49.1 Å². The van der Waals surface area contributed by atoms with Crippen LogP contribution in [0, 0.1) is 5.82 Å². The Morgan fingerprint density at radius 2 is 1.87 bits per heavy atom. The Morgan fingerprint density at radius 3 is 2.57 bits per heavy atom.